The summed E-state index contributed by atoms with van der Waals surface area (Å²) in [6.07, 6.45) is 2.80. The van der Waals surface area contributed by atoms with Crippen LogP contribution in [0.25, 0.3) is 0 Å². The second-order valence-electron chi connectivity index (χ2n) is 4.56. The van der Waals surface area contributed by atoms with Gasteiger partial charge >= 0.3 is 0 Å². The van der Waals surface area contributed by atoms with E-state index >= 15 is 0 Å². The molecule has 1 rings (SSSR count). The van der Waals surface area contributed by atoms with Gasteiger partial charge in [0.25, 0.3) is 5.91 Å². The molecule has 0 aliphatic heterocycles. The van der Waals surface area contributed by atoms with Crippen molar-refractivity contribution in [1.29, 1.82) is 0 Å². The quantitative estimate of drug-likeness (QED) is 0.780. The van der Waals surface area contributed by atoms with Gasteiger partial charge in [0.2, 0.25) is 0 Å². The molecule has 5 heteroatoms. The zero-order chi connectivity index (χ0) is 14.3. The number of aromatic nitrogens is 2. The van der Waals surface area contributed by atoms with Crippen LogP contribution in [-0.2, 0) is 13.0 Å². The number of hydrogen-bond donors (Lipinski definition) is 1. The Kier molecular flexibility index (Phi) is 6.56. The van der Waals surface area contributed by atoms with Crippen LogP contribution in [0.2, 0.25) is 0 Å². The van der Waals surface area contributed by atoms with Gasteiger partial charge in [-0.1, -0.05) is 20.3 Å². The maximum atomic E-state index is 12.5. The van der Waals surface area contributed by atoms with E-state index in [-0.39, 0.29) is 12.5 Å². The minimum absolute atomic E-state index is 0.00362. The predicted octanol–water partition coefficient (Wildman–Crippen LogP) is 1.70. The molecule has 0 fully saturated rings. The summed E-state index contributed by atoms with van der Waals surface area (Å²) < 4.78 is 1.75. The molecule has 0 spiro atoms. The Bertz CT molecular complexity index is 401. The first-order valence-electron chi connectivity index (χ1n) is 7.14. The molecular weight excluding hydrogens is 242 g/mol. The van der Waals surface area contributed by atoms with E-state index in [1.54, 1.807) is 9.58 Å². The normalized spacial score (nSPS) is 10.7. The molecule has 0 unspecified atom stereocenters. The third kappa shape index (κ3) is 4.06. The van der Waals surface area contributed by atoms with Crippen LogP contribution < -0.4 is 0 Å². The lowest BCUT2D eigenvalue weighted by Crippen LogP contribution is -2.35. The molecule has 0 aliphatic carbocycles. The minimum Gasteiger partial charge on any atom is -0.395 e. The summed E-state index contributed by atoms with van der Waals surface area (Å²) in [4.78, 5) is 14.2. The zero-order valence-electron chi connectivity index (χ0n) is 12.2. The summed E-state index contributed by atoms with van der Waals surface area (Å²) in [5.74, 6) is -0.0310. The van der Waals surface area contributed by atoms with Crippen LogP contribution in [0.15, 0.2) is 6.07 Å². The molecule has 5 nitrogen and oxygen atoms in total. The van der Waals surface area contributed by atoms with Crippen LogP contribution >= 0.6 is 0 Å². The molecule has 1 amide bonds. The topological polar surface area (TPSA) is 58.4 Å². The Hall–Kier alpha value is -1.36. The molecule has 1 N–H and O–H groups in total. The SMILES string of the molecule is CCCCN(CCO)C(=O)c1cc(CC)nn1CC. The van der Waals surface area contributed by atoms with Gasteiger partial charge < -0.3 is 10.0 Å². The van der Waals surface area contributed by atoms with Gasteiger partial charge in [-0.3, -0.25) is 9.48 Å². The van der Waals surface area contributed by atoms with Crippen LogP contribution in [0, 0.1) is 0 Å². The fourth-order valence-electron chi connectivity index (χ4n) is 2.00. The molecule has 0 saturated carbocycles. The Morgan fingerprint density at radius 3 is 2.63 bits per heavy atom. The number of carbonyl (C=O) groups is 1. The van der Waals surface area contributed by atoms with Crippen LogP contribution in [0.1, 0.15) is 49.8 Å². The summed E-state index contributed by atoms with van der Waals surface area (Å²) in [5, 5.41) is 13.5. The fourth-order valence-corrected chi connectivity index (χ4v) is 2.00. The number of rotatable bonds is 8. The van der Waals surface area contributed by atoms with E-state index in [9.17, 15) is 4.79 Å². The molecule has 108 valence electrons. The molecule has 0 aromatic carbocycles. The van der Waals surface area contributed by atoms with E-state index in [1.165, 1.54) is 0 Å². The van der Waals surface area contributed by atoms with E-state index in [0.717, 1.165) is 25.0 Å². The summed E-state index contributed by atoms with van der Waals surface area (Å²) >= 11 is 0. The van der Waals surface area contributed by atoms with E-state index in [4.69, 9.17) is 5.11 Å². The van der Waals surface area contributed by atoms with Gasteiger partial charge in [0.05, 0.1) is 12.3 Å². The van der Waals surface area contributed by atoms with E-state index in [1.807, 2.05) is 19.9 Å². The van der Waals surface area contributed by atoms with E-state index in [2.05, 4.69) is 12.0 Å². The van der Waals surface area contributed by atoms with Crippen LogP contribution in [0.5, 0.6) is 0 Å². The number of aliphatic hydroxyl groups excluding tert-OH is 1. The zero-order valence-corrected chi connectivity index (χ0v) is 12.2. The van der Waals surface area contributed by atoms with Gasteiger partial charge in [0.15, 0.2) is 0 Å². The number of amides is 1. The van der Waals surface area contributed by atoms with Crippen LogP contribution in [0.4, 0.5) is 0 Å². The van der Waals surface area contributed by atoms with Gasteiger partial charge in [0.1, 0.15) is 5.69 Å². The van der Waals surface area contributed by atoms with E-state index in [0.29, 0.717) is 25.3 Å². The fraction of sp³-hybridized carbons (Fsp3) is 0.714. The van der Waals surface area contributed by atoms with Crippen molar-refractivity contribution in [3.63, 3.8) is 0 Å². The van der Waals surface area contributed by atoms with E-state index < -0.39 is 0 Å². The predicted molar refractivity (Wildman–Crippen MR) is 75.2 cm³/mol. The Labute approximate surface area is 115 Å². The molecule has 0 bridgehead atoms. The molecule has 0 atom stereocenters. The monoisotopic (exact) mass is 267 g/mol. The largest absolute Gasteiger partial charge is 0.395 e. The van der Waals surface area contributed by atoms with Crippen molar-refractivity contribution in [2.45, 2.75) is 46.6 Å². The van der Waals surface area contributed by atoms with Crippen molar-refractivity contribution in [2.75, 3.05) is 19.7 Å². The highest BCUT2D eigenvalue weighted by Gasteiger charge is 2.19. The lowest BCUT2D eigenvalue weighted by atomic mass is 10.2. The minimum atomic E-state index is -0.0310. The number of aryl methyl sites for hydroxylation is 2. The summed E-state index contributed by atoms with van der Waals surface area (Å²) in [7, 11) is 0. The first-order chi connectivity index (χ1) is 9.17. The summed E-state index contributed by atoms with van der Waals surface area (Å²) in [6.45, 7) is 7.84. The molecular formula is C14H25N3O2. The molecule has 1 aromatic rings. The molecule has 19 heavy (non-hydrogen) atoms. The lowest BCUT2D eigenvalue weighted by molar-refractivity contribution is 0.0707. The highest BCUT2D eigenvalue weighted by Crippen LogP contribution is 2.10. The number of nitrogens with zero attached hydrogens (tertiary/aromatic N) is 3. The molecule has 0 saturated heterocycles. The first-order valence-corrected chi connectivity index (χ1v) is 7.14. The maximum absolute atomic E-state index is 12.5. The number of hydrogen-bond acceptors (Lipinski definition) is 3. The Balaban J connectivity index is 2.90. The molecule has 0 radical (unpaired) electrons. The average molecular weight is 267 g/mol. The number of carbonyl (C=O) groups excluding carboxylic acids is 1. The van der Waals surface area contributed by atoms with Gasteiger partial charge in [-0.05, 0) is 25.8 Å². The maximum Gasteiger partial charge on any atom is 0.272 e. The Morgan fingerprint density at radius 1 is 1.37 bits per heavy atom. The van der Waals surface area contributed by atoms with Gasteiger partial charge in [0, 0.05) is 19.6 Å². The van der Waals surface area contributed by atoms with Crippen molar-refractivity contribution in [1.82, 2.24) is 14.7 Å². The standard InChI is InChI=1S/C14H25N3O2/c1-4-7-8-16(9-10-18)14(19)13-11-12(5-2)15-17(13)6-3/h11,18H,4-10H2,1-3H3. The van der Waals surface area contributed by atoms with Crippen molar-refractivity contribution in [3.05, 3.63) is 17.5 Å². The van der Waals surface area contributed by atoms with Crippen LogP contribution in [0.3, 0.4) is 0 Å². The number of aliphatic hydroxyl groups is 1. The van der Waals surface area contributed by atoms with Crippen LogP contribution in [-0.4, -0.2) is 45.4 Å². The highest BCUT2D eigenvalue weighted by molar-refractivity contribution is 5.92. The molecule has 1 heterocycles. The molecule has 1 aromatic heterocycles. The van der Waals surface area contributed by atoms with Gasteiger partial charge in [-0.15, -0.1) is 0 Å². The van der Waals surface area contributed by atoms with Crippen molar-refractivity contribution in [2.24, 2.45) is 0 Å². The van der Waals surface area contributed by atoms with Gasteiger partial charge in [-0.2, -0.15) is 5.10 Å². The third-order valence-electron chi connectivity index (χ3n) is 3.15. The Morgan fingerprint density at radius 2 is 2.11 bits per heavy atom. The van der Waals surface area contributed by atoms with Crippen molar-refractivity contribution in [3.8, 4) is 0 Å². The third-order valence-corrected chi connectivity index (χ3v) is 3.15. The van der Waals surface area contributed by atoms with Crippen molar-refractivity contribution >= 4 is 5.91 Å². The second-order valence-corrected chi connectivity index (χ2v) is 4.56. The average Bonchev–Trinajstić information content (AvgIpc) is 2.86. The summed E-state index contributed by atoms with van der Waals surface area (Å²) in [6, 6.07) is 1.86. The van der Waals surface area contributed by atoms with Crippen molar-refractivity contribution < 1.29 is 9.90 Å². The lowest BCUT2D eigenvalue weighted by Gasteiger charge is -2.21. The highest BCUT2D eigenvalue weighted by atomic mass is 16.3. The first kappa shape index (κ1) is 15.7. The van der Waals surface area contributed by atoms with Gasteiger partial charge in [-0.25, -0.2) is 0 Å². The molecule has 0 aliphatic rings. The second kappa shape index (κ2) is 7.94. The smallest absolute Gasteiger partial charge is 0.272 e. The summed E-state index contributed by atoms with van der Waals surface area (Å²) in [5.41, 5.74) is 1.56. The number of unbranched alkanes of at least 4 members (excludes halogenated alkanes) is 1.